The molecule has 0 saturated heterocycles. The van der Waals surface area contributed by atoms with Crippen molar-refractivity contribution in [2.45, 2.75) is 44.2 Å². The fourth-order valence-electron chi connectivity index (χ4n) is 3.49. The van der Waals surface area contributed by atoms with Crippen molar-refractivity contribution in [3.63, 3.8) is 0 Å². The van der Waals surface area contributed by atoms with Crippen LogP contribution in [-0.4, -0.2) is 18.1 Å². The molecule has 0 radical (unpaired) electrons. The zero-order chi connectivity index (χ0) is 17.1. The maximum atomic E-state index is 13.5. The third-order valence-corrected chi connectivity index (χ3v) is 4.87. The van der Waals surface area contributed by atoms with E-state index in [1.165, 1.54) is 18.7 Å². The van der Waals surface area contributed by atoms with E-state index in [9.17, 15) is 4.39 Å². The van der Waals surface area contributed by atoms with Gasteiger partial charge in [-0.1, -0.05) is 12.1 Å². The van der Waals surface area contributed by atoms with E-state index in [0.29, 0.717) is 23.5 Å². The number of nitrogens with one attached hydrogen (secondary N) is 1. The van der Waals surface area contributed by atoms with E-state index in [2.05, 4.69) is 23.3 Å². The number of anilines is 1. The number of nitrogen functional groups attached to an aromatic ring is 1. The Bertz CT molecular complexity index is 690. The molecule has 2 aromatic rings. The molecule has 0 bridgehead atoms. The lowest BCUT2D eigenvalue weighted by Gasteiger charge is -2.21. The minimum Gasteiger partial charge on any atom is -0.494 e. The number of ether oxygens (including phenoxy) is 1. The summed E-state index contributed by atoms with van der Waals surface area (Å²) in [6, 6.07) is 9.57. The van der Waals surface area contributed by atoms with E-state index >= 15 is 0 Å². The van der Waals surface area contributed by atoms with E-state index in [4.69, 9.17) is 10.5 Å². The second-order valence-corrected chi connectivity index (χ2v) is 6.51. The highest BCUT2D eigenvalue weighted by Crippen LogP contribution is 2.35. The number of methoxy groups -OCH3 is 1. The highest BCUT2D eigenvalue weighted by molar-refractivity contribution is 5.33. The number of hydrogen-bond acceptors (Lipinski definition) is 4. The van der Waals surface area contributed by atoms with Crippen molar-refractivity contribution in [1.29, 1.82) is 0 Å². The van der Waals surface area contributed by atoms with Crippen LogP contribution in [0.15, 0.2) is 36.5 Å². The molecule has 0 spiro atoms. The Morgan fingerprint density at radius 1 is 1.29 bits per heavy atom. The van der Waals surface area contributed by atoms with Gasteiger partial charge in [0.1, 0.15) is 5.82 Å². The summed E-state index contributed by atoms with van der Waals surface area (Å²) in [6.45, 7) is 2.10. The predicted octanol–water partition coefficient (Wildman–Crippen LogP) is 3.80. The van der Waals surface area contributed by atoms with Crippen molar-refractivity contribution >= 4 is 5.82 Å². The molecule has 3 rings (SSSR count). The van der Waals surface area contributed by atoms with Crippen LogP contribution in [0, 0.1) is 5.82 Å². The summed E-state index contributed by atoms with van der Waals surface area (Å²) in [4.78, 5) is 4.19. The fraction of sp³-hybridized carbons (Fsp3) is 0.421. The Labute approximate surface area is 142 Å². The smallest absolute Gasteiger partial charge is 0.165 e. The molecule has 1 fully saturated rings. The molecule has 3 N–H and O–H groups in total. The van der Waals surface area contributed by atoms with Gasteiger partial charge in [-0.05, 0) is 61.4 Å². The summed E-state index contributed by atoms with van der Waals surface area (Å²) < 4.78 is 18.6. The number of nitrogens with two attached hydrogens (primary N) is 1. The van der Waals surface area contributed by atoms with Crippen LogP contribution in [0.2, 0.25) is 0 Å². The van der Waals surface area contributed by atoms with Crippen LogP contribution in [0.3, 0.4) is 0 Å². The van der Waals surface area contributed by atoms with Gasteiger partial charge in [0.2, 0.25) is 0 Å². The van der Waals surface area contributed by atoms with Gasteiger partial charge in [-0.15, -0.1) is 0 Å². The van der Waals surface area contributed by atoms with Gasteiger partial charge in [0.25, 0.3) is 0 Å². The van der Waals surface area contributed by atoms with Crippen LogP contribution in [0.5, 0.6) is 5.75 Å². The predicted molar refractivity (Wildman–Crippen MR) is 93.5 cm³/mol. The Hall–Kier alpha value is -2.14. The lowest BCUT2D eigenvalue weighted by Crippen LogP contribution is -2.29. The van der Waals surface area contributed by atoms with Gasteiger partial charge >= 0.3 is 0 Å². The zero-order valence-electron chi connectivity index (χ0n) is 14.1. The minimum atomic E-state index is -0.328. The maximum Gasteiger partial charge on any atom is 0.165 e. The molecule has 1 aliphatic carbocycles. The van der Waals surface area contributed by atoms with Crippen LogP contribution in [0.25, 0.3) is 0 Å². The first-order chi connectivity index (χ1) is 11.6. The van der Waals surface area contributed by atoms with Crippen LogP contribution >= 0.6 is 0 Å². The van der Waals surface area contributed by atoms with Crippen molar-refractivity contribution in [2.24, 2.45) is 0 Å². The van der Waals surface area contributed by atoms with Crippen LogP contribution in [-0.2, 0) is 0 Å². The van der Waals surface area contributed by atoms with Gasteiger partial charge in [0, 0.05) is 18.3 Å². The number of pyridine rings is 1. The molecule has 3 atom stereocenters. The van der Waals surface area contributed by atoms with E-state index in [-0.39, 0.29) is 11.9 Å². The average Bonchev–Trinajstić information content (AvgIpc) is 3.04. The Balaban J connectivity index is 1.61. The van der Waals surface area contributed by atoms with E-state index in [1.54, 1.807) is 6.07 Å². The average molecular weight is 329 g/mol. The molecule has 128 valence electrons. The third-order valence-electron chi connectivity index (χ3n) is 4.87. The van der Waals surface area contributed by atoms with Crippen molar-refractivity contribution in [3.8, 4) is 5.75 Å². The summed E-state index contributed by atoms with van der Waals surface area (Å²) in [5.41, 5.74) is 7.94. The van der Waals surface area contributed by atoms with E-state index in [0.717, 1.165) is 24.8 Å². The van der Waals surface area contributed by atoms with Gasteiger partial charge in [-0.25, -0.2) is 9.37 Å². The van der Waals surface area contributed by atoms with Crippen LogP contribution < -0.4 is 15.8 Å². The number of aromatic nitrogens is 1. The van der Waals surface area contributed by atoms with Crippen molar-refractivity contribution in [3.05, 3.63) is 53.5 Å². The Morgan fingerprint density at radius 2 is 2.12 bits per heavy atom. The Morgan fingerprint density at radius 3 is 2.83 bits per heavy atom. The number of halogens is 1. The fourth-order valence-corrected chi connectivity index (χ4v) is 3.49. The van der Waals surface area contributed by atoms with Crippen molar-refractivity contribution in [1.82, 2.24) is 10.3 Å². The summed E-state index contributed by atoms with van der Waals surface area (Å²) >= 11 is 0. The first-order valence-electron chi connectivity index (χ1n) is 8.37. The molecule has 4 nitrogen and oxygen atoms in total. The summed E-state index contributed by atoms with van der Waals surface area (Å²) in [7, 11) is 1.49. The van der Waals surface area contributed by atoms with Gasteiger partial charge in [-0.2, -0.15) is 0 Å². The largest absolute Gasteiger partial charge is 0.494 e. The molecule has 24 heavy (non-hydrogen) atoms. The molecule has 5 heteroatoms. The monoisotopic (exact) mass is 329 g/mol. The van der Waals surface area contributed by atoms with Crippen LogP contribution in [0.4, 0.5) is 10.2 Å². The van der Waals surface area contributed by atoms with Crippen molar-refractivity contribution < 1.29 is 9.13 Å². The molecule has 1 aromatic heterocycles. The lowest BCUT2D eigenvalue weighted by molar-refractivity contribution is 0.384. The highest BCUT2D eigenvalue weighted by Gasteiger charge is 2.27. The minimum absolute atomic E-state index is 0.146. The SMILES string of the molecule is COc1cc([C@@H](C)N[C@H]2CC[C@@H](c3ccc(N)nc3)C2)ccc1F. The number of hydrogen-bond donors (Lipinski definition) is 2. The quantitative estimate of drug-likeness (QED) is 0.876. The standard InChI is InChI=1S/C19H24FN3O/c1-12(13-4-7-17(20)18(10-13)24-2)23-16-6-3-14(9-16)15-5-8-19(21)22-11-15/h4-5,7-8,10-12,14,16,23H,3,6,9H2,1-2H3,(H2,21,22)/t12-,14-,16+/m1/s1. The molecule has 0 amide bonds. The lowest BCUT2D eigenvalue weighted by atomic mass is 9.99. The molecular formula is C19H24FN3O. The zero-order valence-corrected chi connectivity index (χ0v) is 14.1. The summed E-state index contributed by atoms with van der Waals surface area (Å²) in [6.07, 6.45) is 5.23. The first-order valence-corrected chi connectivity index (χ1v) is 8.37. The Kier molecular flexibility index (Phi) is 5.00. The maximum absolute atomic E-state index is 13.5. The normalized spacial score (nSPS) is 21.6. The molecule has 1 heterocycles. The first kappa shape index (κ1) is 16.7. The molecule has 0 unspecified atom stereocenters. The number of rotatable bonds is 5. The van der Waals surface area contributed by atoms with Gasteiger partial charge in [-0.3, -0.25) is 0 Å². The highest BCUT2D eigenvalue weighted by atomic mass is 19.1. The van der Waals surface area contributed by atoms with Crippen LogP contribution in [0.1, 0.15) is 49.3 Å². The van der Waals surface area contributed by atoms with Gasteiger partial charge in [0.15, 0.2) is 11.6 Å². The molecule has 1 aliphatic rings. The van der Waals surface area contributed by atoms with Gasteiger partial charge < -0.3 is 15.8 Å². The molecular weight excluding hydrogens is 305 g/mol. The molecule has 1 aromatic carbocycles. The number of nitrogens with zero attached hydrogens (tertiary/aromatic N) is 1. The van der Waals surface area contributed by atoms with Gasteiger partial charge in [0.05, 0.1) is 7.11 Å². The second-order valence-electron chi connectivity index (χ2n) is 6.51. The number of benzene rings is 1. The van der Waals surface area contributed by atoms with E-state index in [1.807, 2.05) is 18.3 Å². The third kappa shape index (κ3) is 3.67. The molecule has 1 saturated carbocycles. The summed E-state index contributed by atoms with van der Waals surface area (Å²) in [5, 5.41) is 3.65. The van der Waals surface area contributed by atoms with E-state index < -0.39 is 0 Å². The summed E-state index contributed by atoms with van der Waals surface area (Å²) in [5.74, 6) is 1.04. The van der Waals surface area contributed by atoms with Crippen molar-refractivity contribution in [2.75, 3.05) is 12.8 Å². The molecule has 0 aliphatic heterocycles. The second kappa shape index (κ2) is 7.18. The topological polar surface area (TPSA) is 60.2 Å².